The summed E-state index contributed by atoms with van der Waals surface area (Å²) in [7, 11) is 0. The molecular weight excluding hydrogens is 190 g/mol. The van der Waals surface area contributed by atoms with Crippen molar-refractivity contribution in [3.05, 3.63) is 29.0 Å². The van der Waals surface area contributed by atoms with Crippen LogP contribution in [-0.2, 0) is 16.0 Å². The lowest BCUT2D eigenvalue weighted by molar-refractivity contribution is -0.142. The minimum absolute atomic E-state index is 0.181. The highest BCUT2D eigenvalue weighted by Crippen LogP contribution is 2.12. The molecule has 0 unspecified atom stereocenters. The molecule has 1 heterocycles. The fourth-order valence-corrected chi connectivity index (χ4v) is 1.10. The van der Waals surface area contributed by atoms with Gasteiger partial charge in [-0.25, -0.2) is 4.98 Å². The van der Waals surface area contributed by atoms with Crippen LogP contribution in [-0.4, -0.2) is 17.6 Å². The number of carbonyl (C=O) groups is 1. The first-order valence-corrected chi connectivity index (χ1v) is 4.37. The third kappa shape index (κ3) is 3.03. The number of carbonyl (C=O) groups excluding carboxylic acids is 1. The summed E-state index contributed by atoms with van der Waals surface area (Å²) in [6, 6.07) is 3.49. The molecule has 0 aliphatic heterocycles. The molecule has 3 nitrogen and oxygen atoms in total. The summed E-state index contributed by atoms with van der Waals surface area (Å²) in [5, 5.41) is 0.357. The summed E-state index contributed by atoms with van der Waals surface area (Å²) < 4.78 is 4.78. The Balaban J connectivity index is 2.63. The normalized spacial score (nSPS) is 9.69. The molecule has 0 aliphatic carbocycles. The number of nitrogens with zero attached hydrogens (tertiary/aromatic N) is 1. The summed E-state index contributed by atoms with van der Waals surface area (Å²) in [5.74, 6) is -0.280. The Morgan fingerprint density at radius 2 is 2.46 bits per heavy atom. The summed E-state index contributed by atoms with van der Waals surface area (Å²) in [4.78, 5) is 14.9. The van der Waals surface area contributed by atoms with E-state index in [0.29, 0.717) is 17.3 Å². The number of ether oxygens (including phenoxy) is 1. The number of halogens is 1. The fraction of sp³-hybridized carbons (Fsp3) is 0.333. The molecule has 0 radical (unpaired) electrons. The molecule has 70 valence electrons. The second-order valence-corrected chi connectivity index (χ2v) is 2.79. The van der Waals surface area contributed by atoms with E-state index in [2.05, 4.69) is 4.98 Å². The molecule has 13 heavy (non-hydrogen) atoms. The number of rotatable bonds is 3. The Labute approximate surface area is 81.7 Å². The molecule has 0 aromatic carbocycles. The maximum absolute atomic E-state index is 11.1. The predicted molar refractivity (Wildman–Crippen MR) is 49.6 cm³/mol. The molecule has 0 bridgehead atoms. The Hall–Kier alpha value is -1.09. The third-order valence-corrected chi connectivity index (χ3v) is 1.82. The Morgan fingerprint density at radius 1 is 1.69 bits per heavy atom. The van der Waals surface area contributed by atoms with Gasteiger partial charge in [-0.3, -0.25) is 4.79 Å². The number of hydrogen-bond donors (Lipinski definition) is 0. The summed E-state index contributed by atoms with van der Waals surface area (Å²) in [5.41, 5.74) is 0.697. The highest BCUT2D eigenvalue weighted by atomic mass is 35.5. The van der Waals surface area contributed by atoms with Gasteiger partial charge in [0.2, 0.25) is 0 Å². The monoisotopic (exact) mass is 199 g/mol. The largest absolute Gasteiger partial charge is 0.466 e. The fourth-order valence-electron chi connectivity index (χ4n) is 0.919. The number of hydrogen-bond acceptors (Lipinski definition) is 3. The van der Waals surface area contributed by atoms with E-state index in [1.807, 2.05) is 0 Å². The molecular formula is C9H10ClNO2. The zero-order valence-electron chi connectivity index (χ0n) is 7.29. The van der Waals surface area contributed by atoms with E-state index in [1.54, 1.807) is 25.3 Å². The van der Waals surface area contributed by atoms with Gasteiger partial charge in [0.25, 0.3) is 0 Å². The Bertz CT molecular complexity index is 301. The molecule has 4 heteroatoms. The quantitative estimate of drug-likeness (QED) is 0.551. The maximum Gasteiger partial charge on any atom is 0.310 e. The van der Waals surface area contributed by atoms with Crippen molar-refractivity contribution in [1.29, 1.82) is 0 Å². The third-order valence-electron chi connectivity index (χ3n) is 1.48. The molecule has 0 N–H and O–H groups in total. The minimum Gasteiger partial charge on any atom is -0.466 e. The molecule has 0 saturated heterocycles. The van der Waals surface area contributed by atoms with Crippen molar-refractivity contribution in [3.63, 3.8) is 0 Å². The van der Waals surface area contributed by atoms with Gasteiger partial charge in [0.05, 0.1) is 13.0 Å². The van der Waals surface area contributed by atoms with Gasteiger partial charge in [-0.15, -0.1) is 0 Å². The van der Waals surface area contributed by atoms with E-state index < -0.39 is 0 Å². The van der Waals surface area contributed by atoms with E-state index in [9.17, 15) is 4.79 Å². The number of esters is 1. The average molecular weight is 200 g/mol. The zero-order chi connectivity index (χ0) is 9.68. The van der Waals surface area contributed by atoms with E-state index in [1.165, 1.54) is 0 Å². The topological polar surface area (TPSA) is 39.2 Å². The van der Waals surface area contributed by atoms with Crippen molar-refractivity contribution in [2.75, 3.05) is 6.61 Å². The molecule has 0 amide bonds. The lowest BCUT2D eigenvalue weighted by Gasteiger charge is -2.02. The van der Waals surface area contributed by atoms with Gasteiger partial charge in [-0.2, -0.15) is 0 Å². The molecule has 0 fully saturated rings. The van der Waals surface area contributed by atoms with E-state index in [-0.39, 0.29) is 12.4 Å². The van der Waals surface area contributed by atoms with Crippen LogP contribution in [0.1, 0.15) is 12.5 Å². The van der Waals surface area contributed by atoms with Gasteiger partial charge in [0, 0.05) is 11.8 Å². The van der Waals surface area contributed by atoms with Crippen LogP contribution in [0, 0.1) is 0 Å². The highest BCUT2D eigenvalue weighted by Gasteiger charge is 2.07. The van der Waals surface area contributed by atoms with Gasteiger partial charge in [-0.05, 0) is 13.0 Å². The molecule has 1 aromatic heterocycles. The molecule has 0 atom stereocenters. The van der Waals surface area contributed by atoms with Crippen LogP contribution in [0.4, 0.5) is 0 Å². The van der Waals surface area contributed by atoms with Gasteiger partial charge < -0.3 is 4.74 Å². The van der Waals surface area contributed by atoms with Crippen LogP contribution in [0.25, 0.3) is 0 Å². The molecule has 1 aromatic rings. The lowest BCUT2D eigenvalue weighted by Crippen LogP contribution is -2.08. The van der Waals surface area contributed by atoms with Crippen LogP contribution in [0.5, 0.6) is 0 Å². The summed E-state index contributed by atoms with van der Waals surface area (Å²) in [6.45, 7) is 2.15. The van der Waals surface area contributed by atoms with Gasteiger partial charge in [0.1, 0.15) is 5.15 Å². The van der Waals surface area contributed by atoms with E-state index in [4.69, 9.17) is 16.3 Å². The standard InChI is InChI=1S/C9H10ClNO2/c1-2-13-8(12)6-7-4-3-5-11-9(7)10/h3-5H,2,6H2,1H3. The summed E-state index contributed by atoms with van der Waals surface area (Å²) >= 11 is 5.75. The predicted octanol–water partition coefficient (Wildman–Crippen LogP) is 1.84. The minimum atomic E-state index is -0.280. The first-order chi connectivity index (χ1) is 6.24. The lowest BCUT2D eigenvalue weighted by atomic mass is 10.2. The molecule has 0 saturated carbocycles. The molecule has 1 rings (SSSR count). The molecule has 0 aliphatic rings. The second kappa shape index (κ2) is 4.82. The van der Waals surface area contributed by atoms with Crippen LogP contribution in [0.2, 0.25) is 5.15 Å². The summed E-state index contributed by atoms with van der Waals surface area (Å²) in [6.07, 6.45) is 1.76. The van der Waals surface area contributed by atoms with Gasteiger partial charge >= 0.3 is 5.97 Å². The van der Waals surface area contributed by atoms with Crippen LogP contribution >= 0.6 is 11.6 Å². The van der Waals surface area contributed by atoms with Crippen molar-refractivity contribution >= 4 is 17.6 Å². The first-order valence-electron chi connectivity index (χ1n) is 3.99. The van der Waals surface area contributed by atoms with Crippen LogP contribution < -0.4 is 0 Å². The van der Waals surface area contributed by atoms with Crippen molar-refractivity contribution in [3.8, 4) is 0 Å². The van der Waals surface area contributed by atoms with Crippen LogP contribution in [0.15, 0.2) is 18.3 Å². The average Bonchev–Trinajstić information content (AvgIpc) is 2.09. The van der Waals surface area contributed by atoms with Gasteiger partial charge in [-0.1, -0.05) is 17.7 Å². The number of pyridine rings is 1. The van der Waals surface area contributed by atoms with Crippen molar-refractivity contribution in [2.45, 2.75) is 13.3 Å². The zero-order valence-corrected chi connectivity index (χ0v) is 8.04. The number of aromatic nitrogens is 1. The smallest absolute Gasteiger partial charge is 0.310 e. The SMILES string of the molecule is CCOC(=O)Cc1cccnc1Cl. The second-order valence-electron chi connectivity index (χ2n) is 2.44. The van der Waals surface area contributed by atoms with Gasteiger partial charge in [0.15, 0.2) is 0 Å². The van der Waals surface area contributed by atoms with Crippen molar-refractivity contribution in [2.24, 2.45) is 0 Å². The van der Waals surface area contributed by atoms with Crippen molar-refractivity contribution in [1.82, 2.24) is 4.98 Å². The van der Waals surface area contributed by atoms with Crippen LogP contribution in [0.3, 0.4) is 0 Å². The van der Waals surface area contributed by atoms with Crippen molar-refractivity contribution < 1.29 is 9.53 Å². The first kappa shape index (κ1) is 9.99. The molecule has 0 spiro atoms. The Morgan fingerprint density at radius 3 is 3.08 bits per heavy atom. The maximum atomic E-state index is 11.1. The Kier molecular flexibility index (Phi) is 3.71. The highest BCUT2D eigenvalue weighted by molar-refractivity contribution is 6.30. The van der Waals surface area contributed by atoms with E-state index in [0.717, 1.165) is 0 Å². The van der Waals surface area contributed by atoms with E-state index >= 15 is 0 Å².